The van der Waals surface area contributed by atoms with E-state index in [1.54, 1.807) is 0 Å². The molecule has 15 heavy (non-hydrogen) atoms. The van der Waals surface area contributed by atoms with Crippen molar-refractivity contribution in [1.82, 2.24) is 5.32 Å². The van der Waals surface area contributed by atoms with Crippen LogP contribution in [-0.4, -0.2) is 19.1 Å². The zero-order valence-corrected chi connectivity index (χ0v) is 9.00. The number of nitrogens with one attached hydrogen (secondary N) is 1. The number of benzene rings is 1. The minimum absolute atomic E-state index is 0.00507. The van der Waals surface area contributed by atoms with E-state index >= 15 is 0 Å². The maximum absolute atomic E-state index is 12.9. The molecule has 1 aromatic carbocycles. The van der Waals surface area contributed by atoms with Gasteiger partial charge in [0.05, 0.1) is 12.7 Å². The van der Waals surface area contributed by atoms with Gasteiger partial charge >= 0.3 is 0 Å². The summed E-state index contributed by atoms with van der Waals surface area (Å²) in [7, 11) is 1.44. The maximum Gasteiger partial charge on any atom is 0.255 e. The minimum atomic E-state index is -0.454. The summed E-state index contributed by atoms with van der Waals surface area (Å²) in [6.07, 6.45) is 0. The van der Waals surface area contributed by atoms with Crippen molar-refractivity contribution in [1.29, 1.82) is 0 Å². The molecule has 1 aromatic rings. The second-order valence-electron chi connectivity index (χ2n) is 3.47. The van der Waals surface area contributed by atoms with Crippen LogP contribution in [0, 0.1) is 5.82 Å². The Labute approximate surface area is 88.2 Å². The van der Waals surface area contributed by atoms with Crippen LogP contribution in [0.4, 0.5) is 4.39 Å². The highest BCUT2D eigenvalue weighted by Crippen LogP contribution is 2.19. The van der Waals surface area contributed by atoms with Gasteiger partial charge in [-0.2, -0.15) is 0 Å². The lowest BCUT2D eigenvalue weighted by atomic mass is 10.1. The Bertz CT molecular complexity index is 364. The first-order valence-corrected chi connectivity index (χ1v) is 4.69. The van der Waals surface area contributed by atoms with Crippen LogP contribution in [0.15, 0.2) is 18.2 Å². The molecule has 1 N–H and O–H groups in total. The third-order valence-corrected chi connectivity index (χ3v) is 1.83. The summed E-state index contributed by atoms with van der Waals surface area (Å²) in [6.45, 7) is 3.67. The van der Waals surface area contributed by atoms with Crippen LogP contribution in [0.3, 0.4) is 0 Å². The first-order valence-electron chi connectivity index (χ1n) is 4.69. The molecule has 0 aliphatic carbocycles. The predicted octanol–water partition coefficient (Wildman–Crippen LogP) is 1.97. The van der Waals surface area contributed by atoms with E-state index in [0.717, 1.165) is 6.07 Å². The fourth-order valence-corrected chi connectivity index (χ4v) is 1.20. The summed E-state index contributed by atoms with van der Waals surface area (Å²) < 4.78 is 17.9. The molecule has 0 heterocycles. The molecule has 0 atom stereocenters. The number of carbonyl (C=O) groups excluding carboxylic acids is 1. The minimum Gasteiger partial charge on any atom is -0.496 e. The van der Waals surface area contributed by atoms with Gasteiger partial charge in [-0.15, -0.1) is 0 Å². The lowest BCUT2D eigenvalue weighted by molar-refractivity contribution is 0.0939. The number of amides is 1. The summed E-state index contributed by atoms with van der Waals surface area (Å²) in [5, 5.41) is 2.68. The molecule has 0 saturated heterocycles. The second-order valence-corrected chi connectivity index (χ2v) is 3.47. The number of methoxy groups -OCH3 is 1. The molecule has 0 fully saturated rings. The Kier molecular flexibility index (Phi) is 3.66. The Morgan fingerprint density at radius 3 is 2.67 bits per heavy atom. The molecule has 3 nitrogen and oxygen atoms in total. The van der Waals surface area contributed by atoms with Crippen molar-refractivity contribution in [2.24, 2.45) is 0 Å². The average Bonchev–Trinajstić information content (AvgIpc) is 2.16. The van der Waals surface area contributed by atoms with Crippen LogP contribution in [-0.2, 0) is 0 Å². The molecule has 0 radical (unpaired) electrons. The molecule has 1 amide bonds. The van der Waals surface area contributed by atoms with Gasteiger partial charge in [0.15, 0.2) is 0 Å². The van der Waals surface area contributed by atoms with E-state index in [1.165, 1.54) is 19.2 Å². The van der Waals surface area contributed by atoms with Crippen molar-refractivity contribution in [3.05, 3.63) is 29.6 Å². The van der Waals surface area contributed by atoms with Gasteiger partial charge in [0.2, 0.25) is 0 Å². The van der Waals surface area contributed by atoms with Crippen LogP contribution in [0.25, 0.3) is 0 Å². The van der Waals surface area contributed by atoms with E-state index < -0.39 is 5.82 Å². The Morgan fingerprint density at radius 2 is 2.13 bits per heavy atom. The Balaban J connectivity index is 3.00. The third kappa shape index (κ3) is 2.94. The van der Waals surface area contributed by atoms with Crippen LogP contribution in [0.2, 0.25) is 0 Å². The van der Waals surface area contributed by atoms with E-state index in [0.29, 0.717) is 5.75 Å². The number of halogens is 1. The summed E-state index contributed by atoms with van der Waals surface area (Å²) >= 11 is 0. The first kappa shape index (κ1) is 11.5. The summed E-state index contributed by atoms with van der Waals surface area (Å²) in [5.41, 5.74) is 0.214. The van der Waals surface area contributed by atoms with Crippen LogP contribution in [0.5, 0.6) is 5.75 Å². The van der Waals surface area contributed by atoms with Crippen LogP contribution in [0.1, 0.15) is 24.2 Å². The monoisotopic (exact) mass is 211 g/mol. The predicted molar refractivity (Wildman–Crippen MR) is 55.6 cm³/mol. The summed E-state index contributed by atoms with van der Waals surface area (Å²) in [5.74, 6) is -0.416. The SMILES string of the molecule is COc1ccc(F)cc1C(=O)NC(C)C. The maximum atomic E-state index is 12.9. The van der Waals surface area contributed by atoms with Crippen molar-refractivity contribution >= 4 is 5.91 Å². The van der Waals surface area contributed by atoms with Crippen LogP contribution < -0.4 is 10.1 Å². The zero-order chi connectivity index (χ0) is 11.4. The van der Waals surface area contributed by atoms with Gasteiger partial charge in [-0.25, -0.2) is 4.39 Å². The van der Waals surface area contributed by atoms with E-state index in [1.807, 2.05) is 13.8 Å². The van der Waals surface area contributed by atoms with Crippen LogP contribution >= 0.6 is 0 Å². The first-order chi connectivity index (χ1) is 7.04. The highest BCUT2D eigenvalue weighted by atomic mass is 19.1. The standard InChI is InChI=1S/C11H14FNO2/c1-7(2)13-11(14)9-6-8(12)4-5-10(9)15-3/h4-7H,1-3H3,(H,13,14). The molecule has 0 aromatic heterocycles. The fraction of sp³-hybridized carbons (Fsp3) is 0.364. The fourth-order valence-electron chi connectivity index (χ4n) is 1.20. The third-order valence-electron chi connectivity index (χ3n) is 1.83. The molecule has 0 aliphatic rings. The smallest absolute Gasteiger partial charge is 0.255 e. The number of carbonyl (C=O) groups is 1. The summed E-state index contributed by atoms with van der Waals surface area (Å²) in [6, 6.07) is 3.86. The number of hydrogen-bond donors (Lipinski definition) is 1. The number of hydrogen-bond acceptors (Lipinski definition) is 2. The van der Waals surface area contributed by atoms with Crippen molar-refractivity contribution in [2.75, 3.05) is 7.11 Å². The largest absolute Gasteiger partial charge is 0.496 e. The van der Waals surface area contributed by atoms with E-state index in [-0.39, 0.29) is 17.5 Å². The lowest BCUT2D eigenvalue weighted by Crippen LogP contribution is -2.30. The molecular formula is C11H14FNO2. The molecule has 82 valence electrons. The van der Waals surface area contributed by atoms with E-state index in [9.17, 15) is 9.18 Å². The van der Waals surface area contributed by atoms with Crippen molar-refractivity contribution < 1.29 is 13.9 Å². The van der Waals surface area contributed by atoms with Gasteiger partial charge in [-0.3, -0.25) is 4.79 Å². The van der Waals surface area contributed by atoms with E-state index in [2.05, 4.69) is 5.32 Å². The zero-order valence-electron chi connectivity index (χ0n) is 9.00. The molecule has 0 spiro atoms. The van der Waals surface area contributed by atoms with Gasteiger partial charge < -0.3 is 10.1 Å². The molecule has 0 bridgehead atoms. The van der Waals surface area contributed by atoms with Crippen molar-refractivity contribution in [2.45, 2.75) is 19.9 Å². The highest BCUT2D eigenvalue weighted by Gasteiger charge is 2.13. The normalized spacial score (nSPS) is 10.2. The van der Waals surface area contributed by atoms with Gasteiger partial charge in [-0.05, 0) is 32.0 Å². The van der Waals surface area contributed by atoms with E-state index in [4.69, 9.17) is 4.74 Å². The average molecular weight is 211 g/mol. The van der Waals surface area contributed by atoms with Gasteiger partial charge in [0.25, 0.3) is 5.91 Å². The highest BCUT2D eigenvalue weighted by molar-refractivity contribution is 5.97. The second kappa shape index (κ2) is 4.77. The molecule has 0 unspecified atom stereocenters. The number of rotatable bonds is 3. The van der Waals surface area contributed by atoms with Gasteiger partial charge in [-0.1, -0.05) is 0 Å². The topological polar surface area (TPSA) is 38.3 Å². The Morgan fingerprint density at radius 1 is 1.47 bits per heavy atom. The lowest BCUT2D eigenvalue weighted by Gasteiger charge is -2.11. The quantitative estimate of drug-likeness (QED) is 0.830. The van der Waals surface area contributed by atoms with Gasteiger partial charge in [0, 0.05) is 6.04 Å². The molecule has 1 rings (SSSR count). The van der Waals surface area contributed by atoms with Crippen molar-refractivity contribution in [3.8, 4) is 5.75 Å². The molecule has 0 aliphatic heterocycles. The van der Waals surface area contributed by atoms with Gasteiger partial charge in [0.1, 0.15) is 11.6 Å². The summed E-state index contributed by atoms with van der Waals surface area (Å²) in [4.78, 5) is 11.6. The van der Waals surface area contributed by atoms with Crippen molar-refractivity contribution in [3.63, 3.8) is 0 Å². The molecular weight excluding hydrogens is 197 g/mol. The number of ether oxygens (including phenoxy) is 1. The molecule has 4 heteroatoms. The Hall–Kier alpha value is -1.58. The molecule has 0 saturated carbocycles.